The molecule has 134 valence electrons. The first kappa shape index (κ1) is 17.8. The Bertz CT molecular complexity index is 943. The van der Waals surface area contributed by atoms with Crippen molar-refractivity contribution in [2.75, 3.05) is 12.8 Å². The molecule has 0 saturated heterocycles. The van der Waals surface area contributed by atoms with E-state index >= 15 is 0 Å². The zero-order chi connectivity index (χ0) is 18.5. The fourth-order valence-electron chi connectivity index (χ4n) is 2.22. The predicted octanol–water partition coefficient (Wildman–Crippen LogP) is 4.20. The van der Waals surface area contributed by atoms with Gasteiger partial charge >= 0.3 is 6.01 Å². The summed E-state index contributed by atoms with van der Waals surface area (Å²) in [5.74, 6) is 0.661. The average molecular weight is 376 g/mol. The number of aromatic nitrogens is 2. The lowest BCUT2D eigenvalue weighted by Crippen LogP contribution is -2.00. The minimum absolute atomic E-state index is 0.0165. The molecule has 0 spiro atoms. The summed E-state index contributed by atoms with van der Waals surface area (Å²) in [5.41, 5.74) is 6.51. The van der Waals surface area contributed by atoms with Crippen molar-refractivity contribution >= 4 is 29.8 Å². The standard InChI is InChI=1S/C18H15ClFN3O3/c1-24-15-9-11(6-7-16-22-23-18(21)26-16)8-13(19)17(15)25-10-12-4-2-3-5-14(12)20/h2-9H,10H2,1H3,(H2,21,23)/b7-6+. The van der Waals surface area contributed by atoms with Gasteiger partial charge in [-0.05, 0) is 29.8 Å². The number of halogens is 2. The van der Waals surface area contributed by atoms with Crippen LogP contribution in [0.3, 0.4) is 0 Å². The molecule has 3 aromatic rings. The highest BCUT2D eigenvalue weighted by Gasteiger charge is 2.13. The molecule has 0 radical (unpaired) electrons. The lowest BCUT2D eigenvalue weighted by Gasteiger charge is -2.13. The van der Waals surface area contributed by atoms with Crippen LogP contribution in [0.25, 0.3) is 12.2 Å². The van der Waals surface area contributed by atoms with Crippen molar-refractivity contribution in [1.29, 1.82) is 0 Å². The summed E-state index contributed by atoms with van der Waals surface area (Å²) < 4.78 is 29.8. The molecule has 0 bridgehead atoms. The van der Waals surface area contributed by atoms with Gasteiger partial charge in [0.1, 0.15) is 12.4 Å². The molecule has 1 aromatic heterocycles. The smallest absolute Gasteiger partial charge is 0.313 e. The van der Waals surface area contributed by atoms with E-state index in [1.54, 1.807) is 42.5 Å². The van der Waals surface area contributed by atoms with Crippen LogP contribution in [0.15, 0.2) is 40.8 Å². The highest BCUT2D eigenvalue weighted by molar-refractivity contribution is 6.32. The minimum atomic E-state index is -0.346. The lowest BCUT2D eigenvalue weighted by molar-refractivity contribution is 0.280. The first-order valence-corrected chi connectivity index (χ1v) is 7.95. The molecular weight excluding hydrogens is 361 g/mol. The Balaban J connectivity index is 1.81. The summed E-state index contributed by atoms with van der Waals surface area (Å²) in [7, 11) is 1.49. The number of benzene rings is 2. The van der Waals surface area contributed by atoms with Crippen LogP contribution in [0.1, 0.15) is 17.0 Å². The molecule has 0 aliphatic heterocycles. The number of hydrogen-bond acceptors (Lipinski definition) is 6. The van der Waals surface area contributed by atoms with Gasteiger partial charge in [0, 0.05) is 11.6 Å². The second-order valence-corrected chi connectivity index (χ2v) is 5.63. The van der Waals surface area contributed by atoms with Gasteiger partial charge in [-0.15, -0.1) is 5.10 Å². The third-order valence-electron chi connectivity index (χ3n) is 3.46. The summed E-state index contributed by atoms with van der Waals surface area (Å²) >= 11 is 6.30. The molecule has 0 fully saturated rings. The highest BCUT2D eigenvalue weighted by Crippen LogP contribution is 2.37. The summed E-state index contributed by atoms with van der Waals surface area (Å²) in [6.45, 7) is 0.0270. The SMILES string of the molecule is COc1cc(/C=C/c2nnc(N)o2)cc(Cl)c1OCc1ccccc1F. The van der Waals surface area contributed by atoms with Crippen molar-refractivity contribution in [3.8, 4) is 11.5 Å². The van der Waals surface area contributed by atoms with Gasteiger partial charge in [0.15, 0.2) is 11.5 Å². The number of ether oxygens (including phenoxy) is 2. The van der Waals surface area contributed by atoms with Gasteiger partial charge in [0.25, 0.3) is 0 Å². The maximum absolute atomic E-state index is 13.7. The summed E-state index contributed by atoms with van der Waals surface area (Å²) in [6, 6.07) is 9.75. The second-order valence-electron chi connectivity index (χ2n) is 5.23. The molecule has 0 amide bonds. The molecule has 2 N–H and O–H groups in total. The molecule has 3 rings (SSSR count). The van der Waals surface area contributed by atoms with E-state index in [0.717, 1.165) is 5.56 Å². The van der Waals surface area contributed by atoms with Crippen LogP contribution in [-0.4, -0.2) is 17.3 Å². The van der Waals surface area contributed by atoms with Crippen LogP contribution in [-0.2, 0) is 6.61 Å². The Labute approximate surface area is 154 Å². The first-order valence-electron chi connectivity index (χ1n) is 7.57. The first-order chi connectivity index (χ1) is 12.6. The number of nitrogen functional groups attached to an aromatic ring is 1. The van der Waals surface area contributed by atoms with E-state index in [-0.39, 0.29) is 24.3 Å². The number of rotatable bonds is 6. The lowest BCUT2D eigenvalue weighted by atomic mass is 10.2. The average Bonchev–Trinajstić information content (AvgIpc) is 3.05. The van der Waals surface area contributed by atoms with Crippen LogP contribution in [0.5, 0.6) is 11.5 Å². The minimum Gasteiger partial charge on any atom is -0.493 e. The quantitative estimate of drug-likeness (QED) is 0.695. The van der Waals surface area contributed by atoms with Crippen LogP contribution >= 0.6 is 11.6 Å². The zero-order valence-corrected chi connectivity index (χ0v) is 14.5. The van der Waals surface area contributed by atoms with E-state index in [4.69, 9.17) is 31.2 Å². The van der Waals surface area contributed by atoms with Crippen molar-refractivity contribution in [3.63, 3.8) is 0 Å². The van der Waals surface area contributed by atoms with Gasteiger partial charge in [-0.2, -0.15) is 0 Å². The summed E-state index contributed by atoms with van der Waals surface area (Å²) in [4.78, 5) is 0. The van der Waals surface area contributed by atoms with Crippen LogP contribution in [0.2, 0.25) is 5.02 Å². The van der Waals surface area contributed by atoms with Gasteiger partial charge in [0.2, 0.25) is 5.89 Å². The van der Waals surface area contributed by atoms with E-state index in [9.17, 15) is 4.39 Å². The topological polar surface area (TPSA) is 83.4 Å². The molecular formula is C18H15ClFN3O3. The van der Waals surface area contributed by atoms with Crippen LogP contribution in [0, 0.1) is 5.82 Å². The Morgan fingerprint density at radius 2 is 2.04 bits per heavy atom. The zero-order valence-electron chi connectivity index (χ0n) is 13.8. The molecule has 0 atom stereocenters. The highest BCUT2D eigenvalue weighted by atomic mass is 35.5. The van der Waals surface area contributed by atoms with Crippen LogP contribution < -0.4 is 15.2 Å². The van der Waals surface area contributed by atoms with E-state index in [1.165, 1.54) is 13.2 Å². The number of hydrogen-bond donors (Lipinski definition) is 1. The van der Waals surface area contributed by atoms with Gasteiger partial charge < -0.3 is 19.6 Å². The molecule has 0 aliphatic rings. The van der Waals surface area contributed by atoms with Crippen molar-refractivity contribution in [1.82, 2.24) is 10.2 Å². The van der Waals surface area contributed by atoms with Gasteiger partial charge in [-0.3, -0.25) is 0 Å². The largest absolute Gasteiger partial charge is 0.493 e. The van der Waals surface area contributed by atoms with Gasteiger partial charge in [-0.1, -0.05) is 34.9 Å². The van der Waals surface area contributed by atoms with Gasteiger partial charge in [0.05, 0.1) is 12.1 Å². The molecule has 26 heavy (non-hydrogen) atoms. The third-order valence-corrected chi connectivity index (χ3v) is 3.74. The van der Waals surface area contributed by atoms with E-state index in [2.05, 4.69) is 10.2 Å². The molecule has 1 heterocycles. The number of nitrogens with zero attached hydrogens (tertiary/aromatic N) is 2. The van der Waals surface area contributed by atoms with Crippen molar-refractivity contribution in [2.45, 2.75) is 6.61 Å². The van der Waals surface area contributed by atoms with Crippen molar-refractivity contribution in [3.05, 3.63) is 64.3 Å². The maximum Gasteiger partial charge on any atom is 0.313 e. The number of nitrogens with two attached hydrogens (primary N) is 1. The second kappa shape index (κ2) is 7.88. The van der Waals surface area contributed by atoms with E-state index in [0.29, 0.717) is 22.1 Å². The molecule has 6 nitrogen and oxygen atoms in total. The number of methoxy groups -OCH3 is 1. The van der Waals surface area contributed by atoms with Gasteiger partial charge in [-0.25, -0.2) is 4.39 Å². The molecule has 0 aliphatic carbocycles. The summed E-state index contributed by atoms with van der Waals surface area (Å²) in [5, 5.41) is 7.62. The molecule has 0 unspecified atom stereocenters. The molecule has 0 saturated carbocycles. The fraction of sp³-hybridized carbons (Fsp3) is 0.111. The summed E-state index contributed by atoms with van der Waals surface area (Å²) in [6.07, 6.45) is 3.30. The van der Waals surface area contributed by atoms with E-state index in [1.807, 2.05) is 0 Å². The third kappa shape index (κ3) is 4.12. The predicted molar refractivity (Wildman–Crippen MR) is 96.4 cm³/mol. The van der Waals surface area contributed by atoms with E-state index < -0.39 is 0 Å². The van der Waals surface area contributed by atoms with Crippen molar-refractivity contribution < 1.29 is 18.3 Å². The molecule has 8 heteroatoms. The monoisotopic (exact) mass is 375 g/mol. The maximum atomic E-state index is 13.7. The van der Waals surface area contributed by atoms with Crippen LogP contribution in [0.4, 0.5) is 10.4 Å². The number of anilines is 1. The molecule has 2 aromatic carbocycles. The Morgan fingerprint density at radius 3 is 2.73 bits per heavy atom. The van der Waals surface area contributed by atoms with Crippen molar-refractivity contribution in [2.24, 2.45) is 0 Å². The normalized spacial score (nSPS) is 11.0. The fourth-order valence-corrected chi connectivity index (χ4v) is 2.50. The Kier molecular flexibility index (Phi) is 5.38. The Hall–Kier alpha value is -3.06. The Morgan fingerprint density at radius 1 is 1.23 bits per heavy atom.